The molecular formula is C24H31NO4S. The maximum absolute atomic E-state index is 13.4. The Morgan fingerprint density at radius 1 is 1.17 bits per heavy atom. The van der Waals surface area contributed by atoms with E-state index in [9.17, 15) is 13.2 Å². The molecule has 162 valence electrons. The lowest BCUT2D eigenvalue weighted by molar-refractivity contribution is 0.0680. The molecule has 1 atom stereocenters. The summed E-state index contributed by atoms with van der Waals surface area (Å²) in [5, 5.41) is 0. The molecule has 0 aromatic heterocycles. The van der Waals surface area contributed by atoms with Crippen LogP contribution in [0.2, 0.25) is 0 Å². The van der Waals surface area contributed by atoms with Gasteiger partial charge in [0.1, 0.15) is 5.75 Å². The van der Waals surface area contributed by atoms with Crippen LogP contribution in [0.3, 0.4) is 0 Å². The first kappa shape index (κ1) is 22.3. The van der Waals surface area contributed by atoms with Gasteiger partial charge in [-0.2, -0.15) is 0 Å². The third kappa shape index (κ3) is 5.63. The summed E-state index contributed by atoms with van der Waals surface area (Å²) >= 11 is 0. The minimum absolute atomic E-state index is 0.0227. The van der Waals surface area contributed by atoms with Gasteiger partial charge in [0.25, 0.3) is 5.91 Å². The van der Waals surface area contributed by atoms with E-state index in [0.717, 1.165) is 12.0 Å². The molecule has 1 aliphatic rings. The Balaban J connectivity index is 1.86. The average molecular weight is 430 g/mol. The van der Waals surface area contributed by atoms with Crippen LogP contribution < -0.4 is 4.74 Å². The van der Waals surface area contributed by atoms with Crippen LogP contribution in [-0.4, -0.2) is 43.4 Å². The van der Waals surface area contributed by atoms with Crippen molar-refractivity contribution in [2.75, 3.05) is 18.1 Å². The lowest BCUT2D eigenvalue weighted by Gasteiger charge is -2.29. The molecule has 0 saturated carbocycles. The second kappa shape index (κ2) is 9.65. The number of carbonyl (C=O) groups excluding carboxylic acids is 1. The zero-order chi connectivity index (χ0) is 21.7. The van der Waals surface area contributed by atoms with Crippen LogP contribution in [0.15, 0.2) is 48.5 Å². The molecular weight excluding hydrogens is 398 g/mol. The fraction of sp³-hybridized carbons (Fsp3) is 0.458. The van der Waals surface area contributed by atoms with E-state index < -0.39 is 9.84 Å². The zero-order valence-electron chi connectivity index (χ0n) is 18.0. The van der Waals surface area contributed by atoms with Gasteiger partial charge in [0.15, 0.2) is 9.84 Å². The molecule has 30 heavy (non-hydrogen) atoms. The standard InChI is InChI=1S/C24H31NO4S/c1-4-13-29-23-7-5-6-21(15-23)24(26)25(22-12-14-30(27,28)17-22)16-19-8-10-20(11-9-19)18(2)3/h5-11,15,18,22H,4,12-14,16-17H2,1-3H3. The van der Waals surface area contributed by atoms with Crippen LogP contribution >= 0.6 is 0 Å². The Hall–Kier alpha value is -2.34. The van der Waals surface area contributed by atoms with Crippen LogP contribution in [0.25, 0.3) is 0 Å². The van der Waals surface area contributed by atoms with E-state index in [0.29, 0.717) is 36.8 Å². The zero-order valence-corrected chi connectivity index (χ0v) is 18.8. The van der Waals surface area contributed by atoms with Crippen molar-refractivity contribution in [3.8, 4) is 5.75 Å². The molecule has 0 radical (unpaired) electrons. The van der Waals surface area contributed by atoms with Crippen molar-refractivity contribution in [2.45, 2.75) is 52.1 Å². The SMILES string of the molecule is CCCOc1cccc(C(=O)N(Cc2ccc(C(C)C)cc2)C2CCS(=O)(=O)C2)c1. The molecule has 1 saturated heterocycles. The molecule has 1 heterocycles. The molecule has 0 aliphatic carbocycles. The van der Waals surface area contributed by atoms with E-state index >= 15 is 0 Å². The Kier molecular flexibility index (Phi) is 7.19. The van der Waals surface area contributed by atoms with Gasteiger partial charge in [-0.05, 0) is 48.1 Å². The highest BCUT2D eigenvalue weighted by Crippen LogP contribution is 2.24. The van der Waals surface area contributed by atoms with E-state index in [1.54, 1.807) is 23.1 Å². The van der Waals surface area contributed by atoms with Crippen LogP contribution in [0, 0.1) is 0 Å². The summed E-state index contributed by atoms with van der Waals surface area (Å²) in [5.74, 6) is 1.08. The number of hydrogen-bond acceptors (Lipinski definition) is 4. The minimum Gasteiger partial charge on any atom is -0.494 e. The number of carbonyl (C=O) groups is 1. The summed E-state index contributed by atoms with van der Waals surface area (Å²) < 4.78 is 29.9. The first-order valence-electron chi connectivity index (χ1n) is 10.6. The van der Waals surface area contributed by atoms with Gasteiger partial charge in [-0.25, -0.2) is 8.42 Å². The van der Waals surface area contributed by atoms with Crippen LogP contribution in [0.5, 0.6) is 5.75 Å². The number of hydrogen-bond donors (Lipinski definition) is 0. The highest BCUT2D eigenvalue weighted by molar-refractivity contribution is 7.91. The number of rotatable bonds is 8. The second-order valence-corrected chi connectivity index (χ2v) is 10.5. The van der Waals surface area contributed by atoms with Gasteiger partial charge < -0.3 is 9.64 Å². The second-order valence-electron chi connectivity index (χ2n) is 8.26. The van der Waals surface area contributed by atoms with Gasteiger partial charge in [0.05, 0.1) is 18.1 Å². The monoisotopic (exact) mass is 429 g/mol. The first-order valence-corrected chi connectivity index (χ1v) is 12.4. The lowest BCUT2D eigenvalue weighted by atomic mass is 10.0. The summed E-state index contributed by atoms with van der Waals surface area (Å²) in [5.41, 5.74) is 2.75. The molecule has 2 aromatic carbocycles. The van der Waals surface area contributed by atoms with E-state index in [-0.39, 0.29) is 23.5 Å². The molecule has 1 unspecified atom stereocenters. The number of ether oxygens (including phenoxy) is 1. The molecule has 0 spiro atoms. The van der Waals surface area contributed by atoms with Gasteiger partial charge in [-0.1, -0.05) is 51.1 Å². The van der Waals surface area contributed by atoms with Gasteiger partial charge in [0.2, 0.25) is 0 Å². The number of benzene rings is 2. The molecule has 0 N–H and O–H groups in total. The Labute approximate surface area is 180 Å². The smallest absolute Gasteiger partial charge is 0.254 e. The normalized spacial score (nSPS) is 17.8. The van der Waals surface area contributed by atoms with Crippen molar-refractivity contribution in [3.63, 3.8) is 0 Å². The van der Waals surface area contributed by atoms with Crippen molar-refractivity contribution < 1.29 is 17.9 Å². The van der Waals surface area contributed by atoms with Crippen LogP contribution in [0.1, 0.15) is 61.0 Å². The fourth-order valence-electron chi connectivity index (χ4n) is 3.70. The number of sulfone groups is 1. The summed E-state index contributed by atoms with van der Waals surface area (Å²) in [6, 6.07) is 15.0. The topological polar surface area (TPSA) is 63.7 Å². The quantitative estimate of drug-likeness (QED) is 0.623. The third-order valence-corrected chi connectivity index (χ3v) is 7.21. The van der Waals surface area contributed by atoms with Gasteiger partial charge in [-0.15, -0.1) is 0 Å². The first-order chi connectivity index (χ1) is 14.3. The predicted molar refractivity (Wildman–Crippen MR) is 120 cm³/mol. The molecule has 5 nitrogen and oxygen atoms in total. The summed E-state index contributed by atoms with van der Waals surface area (Å²) in [4.78, 5) is 15.1. The third-order valence-electron chi connectivity index (χ3n) is 5.46. The molecule has 3 rings (SSSR count). The van der Waals surface area contributed by atoms with Crippen molar-refractivity contribution in [2.24, 2.45) is 0 Å². The maximum Gasteiger partial charge on any atom is 0.254 e. The van der Waals surface area contributed by atoms with Gasteiger partial charge in [0, 0.05) is 18.2 Å². The van der Waals surface area contributed by atoms with E-state index in [1.807, 2.05) is 25.1 Å². The van der Waals surface area contributed by atoms with Crippen molar-refractivity contribution in [1.82, 2.24) is 4.90 Å². The molecule has 2 aromatic rings. The van der Waals surface area contributed by atoms with Crippen LogP contribution in [-0.2, 0) is 16.4 Å². The van der Waals surface area contributed by atoms with Crippen molar-refractivity contribution in [1.29, 1.82) is 0 Å². The van der Waals surface area contributed by atoms with E-state index in [4.69, 9.17) is 4.74 Å². The summed E-state index contributed by atoms with van der Waals surface area (Å²) in [6.45, 7) is 7.29. The minimum atomic E-state index is -3.11. The van der Waals surface area contributed by atoms with E-state index in [1.165, 1.54) is 5.56 Å². The number of nitrogens with zero attached hydrogens (tertiary/aromatic N) is 1. The van der Waals surface area contributed by atoms with Crippen molar-refractivity contribution >= 4 is 15.7 Å². The average Bonchev–Trinajstić information content (AvgIpc) is 3.10. The van der Waals surface area contributed by atoms with E-state index in [2.05, 4.69) is 26.0 Å². The van der Waals surface area contributed by atoms with Gasteiger partial charge >= 0.3 is 0 Å². The Morgan fingerprint density at radius 2 is 1.90 bits per heavy atom. The fourth-order valence-corrected chi connectivity index (χ4v) is 5.43. The Bertz CT molecular complexity index is 967. The highest BCUT2D eigenvalue weighted by atomic mass is 32.2. The Morgan fingerprint density at radius 3 is 2.50 bits per heavy atom. The molecule has 0 bridgehead atoms. The largest absolute Gasteiger partial charge is 0.494 e. The molecule has 6 heteroatoms. The number of amides is 1. The van der Waals surface area contributed by atoms with Crippen LogP contribution in [0.4, 0.5) is 0 Å². The molecule has 1 fully saturated rings. The lowest BCUT2D eigenvalue weighted by Crippen LogP contribution is -2.40. The summed E-state index contributed by atoms with van der Waals surface area (Å²) in [7, 11) is -3.11. The molecule has 1 amide bonds. The summed E-state index contributed by atoms with van der Waals surface area (Å²) in [6.07, 6.45) is 1.36. The van der Waals surface area contributed by atoms with Gasteiger partial charge in [-0.3, -0.25) is 4.79 Å². The highest BCUT2D eigenvalue weighted by Gasteiger charge is 2.35. The van der Waals surface area contributed by atoms with Crippen molar-refractivity contribution in [3.05, 3.63) is 65.2 Å². The molecule has 1 aliphatic heterocycles. The predicted octanol–water partition coefficient (Wildman–Crippen LogP) is 4.43. The maximum atomic E-state index is 13.4.